The van der Waals surface area contributed by atoms with Gasteiger partial charge in [0, 0.05) is 13.1 Å². The number of nitrogens with one attached hydrogen (secondary N) is 1. The van der Waals surface area contributed by atoms with Gasteiger partial charge in [-0.05, 0) is 40.2 Å². The number of carbonyl (C=O) groups is 1. The Morgan fingerprint density at radius 2 is 2.22 bits per heavy atom. The van der Waals surface area contributed by atoms with E-state index >= 15 is 0 Å². The fourth-order valence-corrected chi connectivity index (χ4v) is 2.52. The van der Waals surface area contributed by atoms with Crippen LogP contribution in [0.15, 0.2) is 0 Å². The quantitative estimate of drug-likeness (QED) is 0.711. The molecule has 0 saturated carbocycles. The Balaban J connectivity index is 2.03. The van der Waals surface area contributed by atoms with Crippen molar-refractivity contribution in [3.8, 4) is 0 Å². The van der Waals surface area contributed by atoms with E-state index in [0.717, 1.165) is 25.9 Å². The van der Waals surface area contributed by atoms with Crippen LogP contribution in [-0.2, 0) is 9.47 Å². The van der Waals surface area contributed by atoms with Crippen LogP contribution in [0.25, 0.3) is 0 Å². The Kier molecular flexibility index (Phi) is 4.12. The third kappa shape index (κ3) is 3.36. The molecule has 0 unspecified atom stereocenters. The molecular formula is C13H24N2O3. The molecule has 2 aliphatic rings. The van der Waals surface area contributed by atoms with E-state index in [-0.39, 0.29) is 18.2 Å². The number of fused-ring (bicyclic) bond motifs is 1. The summed E-state index contributed by atoms with van der Waals surface area (Å²) in [5.41, 5.74) is -0.441. The first-order valence-electron chi connectivity index (χ1n) is 6.79. The van der Waals surface area contributed by atoms with E-state index < -0.39 is 5.60 Å². The van der Waals surface area contributed by atoms with Gasteiger partial charge in [-0.25, -0.2) is 4.79 Å². The summed E-state index contributed by atoms with van der Waals surface area (Å²) in [6.07, 6.45) is 2.05. The van der Waals surface area contributed by atoms with Crippen LogP contribution in [-0.4, -0.2) is 55.0 Å². The van der Waals surface area contributed by atoms with Gasteiger partial charge in [0.15, 0.2) is 0 Å². The van der Waals surface area contributed by atoms with Crippen LogP contribution in [0.2, 0.25) is 0 Å². The Bertz CT molecular complexity index is 301. The molecule has 2 atom stereocenters. The summed E-state index contributed by atoms with van der Waals surface area (Å²) >= 11 is 0. The molecule has 2 aliphatic heterocycles. The van der Waals surface area contributed by atoms with Gasteiger partial charge in [0.25, 0.3) is 0 Å². The summed E-state index contributed by atoms with van der Waals surface area (Å²) < 4.78 is 11.3. The molecule has 2 heterocycles. The van der Waals surface area contributed by atoms with E-state index in [1.165, 1.54) is 0 Å². The zero-order valence-corrected chi connectivity index (χ0v) is 11.6. The molecule has 0 radical (unpaired) electrons. The smallest absolute Gasteiger partial charge is 0.410 e. The second-order valence-electron chi connectivity index (χ2n) is 6.00. The number of amides is 1. The molecule has 0 aromatic carbocycles. The summed E-state index contributed by atoms with van der Waals surface area (Å²) in [6.45, 7) is 8.72. The fraction of sp³-hybridized carbons (Fsp3) is 0.923. The second kappa shape index (κ2) is 5.45. The van der Waals surface area contributed by atoms with Gasteiger partial charge in [0.2, 0.25) is 0 Å². The molecular weight excluding hydrogens is 232 g/mol. The second-order valence-corrected chi connectivity index (χ2v) is 6.00. The molecule has 18 heavy (non-hydrogen) atoms. The van der Waals surface area contributed by atoms with Gasteiger partial charge in [-0.2, -0.15) is 0 Å². The van der Waals surface area contributed by atoms with E-state index in [4.69, 9.17) is 9.47 Å². The summed E-state index contributed by atoms with van der Waals surface area (Å²) in [5, 5.41) is 3.36. The predicted molar refractivity (Wildman–Crippen MR) is 68.6 cm³/mol. The van der Waals surface area contributed by atoms with Gasteiger partial charge < -0.3 is 14.8 Å². The van der Waals surface area contributed by atoms with Gasteiger partial charge in [0.05, 0.1) is 18.8 Å². The molecule has 104 valence electrons. The zero-order valence-electron chi connectivity index (χ0n) is 11.6. The number of hydrogen-bond acceptors (Lipinski definition) is 4. The largest absolute Gasteiger partial charge is 0.444 e. The third-order valence-electron chi connectivity index (χ3n) is 3.32. The van der Waals surface area contributed by atoms with Crippen molar-refractivity contribution in [1.82, 2.24) is 10.2 Å². The Hall–Kier alpha value is -0.810. The van der Waals surface area contributed by atoms with Crippen molar-refractivity contribution in [2.45, 2.75) is 51.4 Å². The lowest BCUT2D eigenvalue weighted by atomic mass is 10.0. The molecule has 2 rings (SSSR count). The fourth-order valence-electron chi connectivity index (χ4n) is 2.52. The lowest BCUT2D eigenvalue weighted by molar-refractivity contribution is -0.0741. The van der Waals surface area contributed by atoms with Crippen LogP contribution in [0.4, 0.5) is 4.79 Å². The molecule has 1 amide bonds. The first-order chi connectivity index (χ1) is 8.47. The van der Waals surface area contributed by atoms with Gasteiger partial charge in [-0.3, -0.25) is 4.90 Å². The van der Waals surface area contributed by atoms with Crippen molar-refractivity contribution < 1.29 is 14.3 Å². The topological polar surface area (TPSA) is 50.8 Å². The van der Waals surface area contributed by atoms with Crippen molar-refractivity contribution in [1.29, 1.82) is 0 Å². The minimum atomic E-state index is -0.441. The molecule has 2 fully saturated rings. The van der Waals surface area contributed by atoms with Crippen LogP contribution >= 0.6 is 0 Å². The molecule has 2 saturated heterocycles. The van der Waals surface area contributed by atoms with Crippen LogP contribution in [0.1, 0.15) is 33.6 Å². The van der Waals surface area contributed by atoms with Crippen molar-refractivity contribution in [3.05, 3.63) is 0 Å². The maximum atomic E-state index is 12.2. The number of nitrogens with zero attached hydrogens (tertiary/aromatic N) is 1. The van der Waals surface area contributed by atoms with Gasteiger partial charge in [0.1, 0.15) is 5.60 Å². The van der Waals surface area contributed by atoms with E-state index in [1.54, 1.807) is 0 Å². The van der Waals surface area contributed by atoms with Crippen LogP contribution in [0.5, 0.6) is 0 Å². The Labute approximate surface area is 109 Å². The first-order valence-corrected chi connectivity index (χ1v) is 6.79. The average Bonchev–Trinajstić information content (AvgIpc) is 2.50. The van der Waals surface area contributed by atoms with E-state index in [0.29, 0.717) is 13.2 Å². The van der Waals surface area contributed by atoms with E-state index in [9.17, 15) is 4.79 Å². The van der Waals surface area contributed by atoms with E-state index in [1.807, 2.05) is 25.7 Å². The molecule has 0 aromatic heterocycles. The lowest BCUT2D eigenvalue weighted by Crippen LogP contribution is -2.57. The van der Waals surface area contributed by atoms with Gasteiger partial charge in [-0.1, -0.05) is 0 Å². The summed E-state index contributed by atoms with van der Waals surface area (Å²) in [4.78, 5) is 14.0. The van der Waals surface area contributed by atoms with Crippen molar-refractivity contribution in [2.24, 2.45) is 0 Å². The van der Waals surface area contributed by atoms with Crippen molar-refractivity contribution in [3.63, 3.8) is 0 Å². The molecule has 0 aromatic rings. The Morgan fingerprint density at radius 1 is 1.44 bits per heavy atom. The third-order valence-corrected chi connectivity index (χ3v) is 3.32. The Morgan fingerprint density at radius 3 is 2.94 bits per heavy atom. The van der Waals surface area contributed by atoms with Crippen LogP contribution < -0.4 is 5.32 Å². The monoisotopic (exact) mass is 256 g/mol. The number of carbonyl (C=O) groups excluding carboxylic acids is 1. The zero-order chi connectivity index (χ0) is 13.2. The van der Waals surface area contributed by atoms with Crippen LogP contribution in [0, 0.1) is 0 Å². The standard InChI is InChI=1S/C13H24N2O3/c1-13(2,3)18-12(16)15-7-8-17-11-5-4-6-14-9-10(11)15/h10-11,14H,4-9H2,1-3H3/t10-,11-/m0/s1. The minimum Gasteiger partial charge on any atom is -0.444 e. The molecule has 0 bridgehead atoms. The SMILES string of the molecule is CC(C)(C)OC(=O)N1CCO[C@H]2CCCNC[C@@H]21. The highest BCUT2D eigenvalue weighted by atomic mass is 16.6. The average molecular weight is 256 g/mol. The highest BCUT2D eigenvalue weighted by Gasteiger charge is 2.37. The first kappa shape index (κ1) is 13.6. The minimum absolute atomic E-state index is 0.107. The van der Waals surface area contributed by atoms with Gasteiger partial charge >= 0.3 is 6.09 Å². The highest BCUT2D eigenvalue weighted by molar-refractivity contribution is 5.68. The number of rotatable bonds is 0. The molecule has 5 nitrogen and oxygen atoms in total. The number of hydrogen-bond donors (Lipinski definition) is 1. The highest BCUT2D eigenvalue weighted by Crippen LogP contribution is 2.22. The predicted octanol–water partition coefficient (Wildman–Crippen LogP) is 1.37. The van der Waals surface area contributed by atoms with Crippen molar-refractivity contribution >= 4 is 6.09 Å². The summed E-state index contributed by atoms with van der Waals surface area (Å²) in [5.74, 6) is 0. The van der Waals surface area contributed by atoms with Gasteiger partial charge in [-0.15, -0.1) is 0 Å². The normalized spacial score (nSPS) is 29.4. The molecule has 5 heteroatoms. The summed E-state index contributed by atoms with van der Waals surface area (Å²) in [6, 6.07) is 0.107. The lowest BCUT2D eigenvalue weighted by Gasteiger charge is -2.40. The molecule has 0 aliphatic carbocycles. The number of morpholine rings is 1. The maximum absolute atomic E-state index is 12.2. The maximum Gasteiger partial charge on any atom is 0.410 e. The summed E-state index contributed by atoms with van der Waals surface area (Å²) in [7, 11) is 0. The van der Waals surface area contributed by atoms with Crippen LogP contribution in [0.3, 0.4) is 0 Å². The number of ether oxygens (including phenoxy) is 2. The molecule has 1 N–H and O–H groups in total. The van der Waals surface area contributed by atoms with E-state index in [2.05, 4.69) is 5.32 Å². The molecule has 0 spiro atoms. The van der Waals surface area contributed by atoms with Crippen molar-refractivity contribution in [2.75, 3.05) is 26.2 Å².